The van der Waals surface area contributed by atoms with Crippen LogP contribution < -0.4 is 0 Å². The molecule has 0 radical (unpaired) electrons. The van der Waals surface area contributed by atoms with Gasteiger partial charge >= 0.3 is 5.97 Å². The van der Waals surface area contributed by atoms with Crippen molar-refractivity contribution in [1.82, 2.24) is 4.98 Å². The lowest BCUT2D eigenvalue weighted by atomic mass is 9.81. The lowest BCUT2D eigenvalue weighted by molar-refractivity contribution is -0.154. The molecule has 1 atom stereocenters. The largest absolute Gasteiger partial charge is 0.465 e. The van der Waals surface area contributed by atoms with Gasteiger partial charge in [0.1, 0.15) is 0 Å². The smallest absolute Gasteiger partial charge is 0.311 e. The van der Waals surface area contributed by atoms with E-state index in [0.29, 0.717) is 6.42 Å². The summed E-state index contributed by atoms with van der Waals surface area (Å²) in [6.07, 6.45) is 4.73. The number of hydrogen-bond acceptors (Lipinski definition) is 4. The van der Waals surface area contributed by atoms with Crippen LogP contribution in [0.15, 0.2) is 24.5 Å². The van der Waals surface area contributed by atoms with E-state index in [1.165, 1.54) is 5.56 Å². The lowest BCUT2D eigenvalue weighted by Crippen LogP contribution is -2.28. The maximum Gasteiger partial charge on any atom is 0.311 e. The van der Waals surface area contributed by atoms with Crippen LogP contribution in [0.1, 0.15) is 45.1 Å². The number of pyridine rings is 1. The van der Waals surface area contributed by atoms with Crippen LogP contribution in [-0.4, -0.2) is 29.3 Å². The lowest BCUT2D eigenvalue weighted by Gasteiger charge is -2.26. The fourth-order valence-corrected chi connectivity index (χ4v) is 2.08. The van der Waals surface area contributed by atoms with Crippen LogP contribution in [0.5, 0.6) is 0 Å². The summed E-state index contributed by atoms with van der Waals surface area (Å²) in [7, 11) is 0. The van der Waals surface area contributed by atoms with Gasteiger partial charge in [0.2, 0.25) is 0 Å². The molecular weight excluding hydrogens is 242 g/mol. The van der Waals surface area contributed by atoms with E-state index in [-0.39, 0.29) is 25.1 Å². The van der Waals surface area contributed by atoms with Crippen molar-refractivity contribution in [1.29, 1.82) is 0 Å². The Morgan fingerprint density at radius 2 is 2.05 bits per heavy atom. The molecule has 1 N–H and O–H groups in total. The molecule has 1 heterocycles. The zero-order valence-corrected chi connectivity index (χ0v) is 11.9. The van der Waals surface area contributed by atoms with Crippen LogP contribution in [0.25, 0.3) is 0 Å². The Hall–Kier alpha value is -1.42. The van der Waals surface area contributed by atoms with Gasteiger partial charge in [-0.15, -0.1) is 0 Å². The predicted molar refractivity (Wildman–Crippen MR) is 73.7 cm³/mol. The molecule has 106 valence electrons. The van der Waals surface area contributed by atoms with Gasteiger partial charge in [-0.3, -0.25) is 9.78 Å². The van der Waals surface area contributed by atoms with E-state index in [0.717, 1.165) is 6.42 Å². The molecule has 1 unspecified atom stereocenters. The van der Waals surface area contributed by atoms with Gasteiger partial charge in [-0.25, -0.2) is 0 Å². The second-order valence-electron chi connectivity index (χ2n) is 5.48. The Kier molecular flexibility index (Phi) is 5.96. The average molecular weight is 265 g/mol. The maximum absolute atomic E-state index is 12.0. The van der Waals surface area contributed by atoms with Crippen LogP contribution >= 0.6 is 0 Å². The van der Waals surface area contributed by atoms with Gasteiger partial charge in [-0.2, -0.15) is 0 Å². The quantitative estimate of drug-likeness (QED) is 0.608. The normalized spacial score (nSPS) is 13.1. The Morgan fingerprint density at radius 3 is 2.63 bits per heavy atom. The van der Waals surface area contributed by atoms with Crippen molar-refractivity contribution in [3.05, 3.63) is 30.1 Å². The van der Waals surface area contributed by atoms with Crippen molar-refractivity contribution >= 4 is 5.97 Å². The molecule has 0 spiro atoms. The zero-order chi connectivity index (χ0) is 14.3. The van der Waals surface area contributed by atoms with Gasteiger partial charge in [-0.1, -0.05) is 6.92 Å². The topological polar surface area (TPSA) is 59.4 Å². The van der Waals surface area contributed by atoms with Crippen LogP contribution in [-0.2, 0) is 9.53 Å². The number of esters is 1. The van der Waals surface area contributed by atoms with Crippen molar-refractivity contribution in [2.24, 2.45) is 5.41 Å². The molecule has 1 aromatic heterocycles. The zero-order valence-electron chi connectivity index (χ0n) is 11.9. The number of ether oxygens (including phenoxy) is 1. The molecular formula is C15H23NO3. The molecule has 0 aliphatic carbocycles. The third-order valence-corrected chi connectivity index (χ3v) is 3.18. The van der Waals surface area contributed by atoms with Crippen molar-refractivity contribution < 1.29 is 14.6 Å². The highest BCUT2D eigenvalue weighted by Gasteiger charge is 2.31. The number of carbonyl (C=O) groups excluding carboxylic acids is 1. The highest BCUT2D eigenvalue weighted by atomic mass is 16.5. The Balaban J connectivity index is 2.56. The van der Waals surface area contributed by atoms with Crippen molar-refractivity contribution in [3.63, 3.8) is 0 Å². The third-order valence-electron chi connectivity index (χ3n) is 3.18. The van der Waals surface area contributed by atoms with E-state index in [4.69, 9.17) is 9.84 Å². The first-order valence-electron chi connectivity index (χ1n) is 6.65. The molecule has 19 heavy (non-hydrogen) atoms. The fourth-order valence-electron chi connectivity index (χ4n) is 2.08. The number of carbonyl (C=O) groups is 1. The monoisotopic (exact) mass is 265 g/mol. The van der Waals surface area contributed by atoms with Gasteiger partial charge in [0.05, 0.1) is 12.0 Å². The van der Waals surface area contributed by atoms with Crippen LogP contribution in [0, 0.1) is 5.41 Å². The first-order chi connectivity index (χ1) is 8.97. The van der Waals surface area contributed by atoms with Crippen LogP contribution in [0.3, 0.4) is 0 Å². The Labute approximate surface area is 114 Å². The number of nitrogens with zero attached hydrogens (tertiary/aromatic N) is 1. The van der Waals surface area contributed by atoms with E-state index in [1.54, 1.807) is 12.4 Å². The van der Waals surface area contributed by atoms with E-state index in [1.807, 2.05) is 26.0 Å². The first kappa shape index (κ1) is 15.6. The van der Waals surface area contributed by atoms with Crippen molar-refractivity contribution in [2.45, 2.75) is 39.5 Å². The Morgan fingerprint density at radius 1 is 1.42 bits per heavy atom. The van der Waals surface area contributed by atoms with Crippen molar-refractivity contribution in [3.8, 4) is 0 Å². The van der Waals surface area contributed by atoms with Gasteiger partial charge < -0.3 is 9.84 Å². The predicted octanol–water partition coefficient (Wildman–Crippen LogP) is 2.53. The Bertz CT molecular complexity index is 390. The maximum atomic E-state index is 12.0. The molecule has 1 rings (SSSR count). The molecule has 0 aliphatic heterocycles. The van der Waals surface area contributed by atoms with Crippen LogP contribution in [0.2, 0.25) is 0 Å². The van der Waals surface area contributed by atoms with Crippen molar-refractivity contribution in [2.75, 3.05) is 13.2 Å². The molecule has 4 heteroatoms. The third kappa shape index (κ3) is 4.99. The summed E-state index contributed by atoms with van der Waals surface area (Å²) in [6.45, 7) is 6.21. The highest BCUT2D eigenvalue weighted by Crippen LogP contribution is 2.32. The second kappa shape index (κ2) is 7.24. The van der Waals surface area contributed by atoms with Gasteiger partial charge in [0, 0.05) is 25.4 Å². The standard InChI is InChI=1S/C15H23NO3/c1-12(13-5-7-16-8-6-13)11-15(2,3)14(18)19-10-4-9-17/h5-8,12,17H,4,9-11H2,1-3H3. The van der Waals surface area contributed by atoms with Gasteiger partial charge in [-0.05, 0) is 43.9 Å². The van der Waals surface area contributed by atoms with E-state index < -0.39 is 5.41 Å². The number of aliphatic hydroxyl groups is 1. The SMILES string of the molecule is CC(CC(C)(C)C(=O)OCCCO)c1ccncc1. The summed E-state index contributed by atoms with van der Waals surface area (Å²) in [5.74, 6) is 0.0604. The van der Waals surface area contributed by atoms with Gasteiger partial charge in [0.25, 0.3) is 0 Å². The fraction of sp³-hybridized carbons (Fsp3) is 0.600. The van der Waals surface area contributed by atoms with Crippen LogP contribution in [0.4, 0.5) is 0 Å². The average Bonchev–Trinajstić information content (AvgIpc) is 2.39. The number of aliphatic hydroxyl groups excluding tert-OH is 1. The molecule has 0 saturated carbocycles. The summed E-state index contributed by atoms with van der Waals surface area (Å²) in [5, 5.41) is 8.68. The number of rotatable bonds is 7. The summed E-state index contributed by atoms with van der Waals surface area (Å²) < 4.78 is 5.17. The minimum Gasteiger partial charge on any atom is -0.465 e. The summed E-state index contributed by atoms with van der Waals surface area (Å²) >= 11 is 0. The summed E-state index contributed by atoms with van der Waals surface area (Å²) in [5.41, 5.74) is 0.643. The molecule has 0 aromatic carbocycles. The number of aromatic nitrogens is 1. The minimum absolute atomic E-state index is 0.0428. The van der Waals surface area contributed by atoms with E-state index in [2.05, 4.69) is 11.9 Å². The molecule has 4 nitrogen and oxygen atoms in total. The summed E-state index contributed by atoms with van der Waals surface area (Å²) in [4.78, 5) is 16.0. The first-order valence-corrected chi connectivity index (χ1v) is 6.65. The number of hydrogen-bond donors (Lipinski definition) is 1. The minimum atomic E-state index is -0.530. The molecule has 0 bridgehead atoms. The molecule has 0 amide bonds. The summed E-state index contributed by atoms with van der Waals surface area (Å²) in [6, 6.07) is 3.94. The second-order valence-corrected chi connectivity index (χ2v) is 5.48. The molecule has 0 aliphatic rings. The molecule has 0 saturated heterocycles. The van der Waals surface area contributed by atoms with E-state index >= 15 is 0 Å². The van der Waals surface area contributed by atoms with Gasteiger partial charge in [0.15, 0.2) is 0 Å². The highest BCUT2D eigenvalue weighted by molar-refractivity contribution is 5.76. The van der Waals surface area contributed by atoms with E-state index in [9.17, 15) is 4.79 Å². The molecule has 1 aromatic rings. The molecule has 0 fully saturated rings.